The van der Waals surface area contributed by atoms with Crippen LogP contribution < -0.4 is 11.1 Å². The number of aliphatic imine (C=N–C) groups is 1. The fraction of sp³-hybridized carbons (Fsp3) is 0.417. The Morgan fingerprint density at radius 2 is 2.18 bits per heavy atom. The minimum atomic E-state index is -3.67. The Kier molecular flexibility index (Phi) is 6.58. The maximum Gasteiger partial charge on any atom is 0.224 e. The lowest BCUT2D eigenvalue weighted by molar-refractivity contribution is 0.586. The molecule has 0 spiro atoms. The van der Waals surface area contributed by atoms with Crippen molar-refractivity contribution in [3.05, 3.63) is 27.2 Å². The van der Waals surface area contributed by atoms with Gasteiger partial charge in [0.25, 0.3) is 0 Å². The number of allylic oxidation sites excluding steroid dienone is 1. The molecule has 0 aliphatic heterocycles. The first-order valence-corrected chi connectivity index (χ1v) is 8.65. The number of hydrogen-bond acceptors (Lipinski definition) is 7. The van der Waals surface area contributed by atoms with Crippen LogP contribution in [-0.2, 0) is 9.84 Å². The molecular weight excluding hydrogens is 349 g/mol. The van der Waals surface area contributed by atoms with E-state index in [1.165, 1.54) is 19.5 Å². The summed E-state index contributed by atoms with van der Waals surface area (Å²) in [5, 5.41) is 1.90. The number of aromatic nitrogens is 2. The Hall–Kier alpha value is -1.38. The summed E-state index contributed by atoms with van der Waals surface area (Å²) in [6, 6.07) is 0. The van der Waals surface area contributed by atoms with Gasteiger partial charge in [0.15, 0.2) is 20.7 Å². The summed E-state index contributed by atoms with van der Waals surface area (Å²) in [4.78, 5) is 11.4. The molecule has 7 nitrogen and oxygen atoms in total. The number of anilines is 1. The van der Waals surface area contributed by atoms with E-state index in [-0.39, 0.29) is 26.9 Å². The Balaban J connectivity index is 3.35. The number of nitrogens with zero attached hydrogens (tertiary/aromatic N) is 3. The van der Waals surface area contributed by atoms with Crippen molar-refractivity contribution >= 4 is 45.1 Å². The van der Waals surface area contributed by atoms with E-state index in [0.717, 1.165) is 0 Å². The molecule has 1 atom stereocenters. The topological polar surface area (TPSA) is 110 Å². The lowest BCUT2D eigenvalue weighted by Gasteiger charge is -2.15. The van der Waals surface area contributed by atoms with Gasteiger partial charge in [0.2, 0.25) is 5.28 Å². The fourth-order valence-corrected chi connectivity index (χ4v) is 2.99. The quantitative estimate of drug-likeness (QED) is 0.590. The molecule has 0 saturated carbocycles. The van der Waals surface area contributed by atoms with Gasteiger partial charge in [-0.15, -0.1) is 0 Å². The molecule has 0 aromatic carbocycles. The smallest absolute Gasteiger partial charge is 0.224 e. The third-order valence-corrected chi connectivity index (χ3v) is 5.59. The van der Waals surface area contributed by atoms with Gasteiger partial charge in [-0.1, -0.05) is 18.5 Å². The zero-order chi connectivity index (χ0) is 16.9. The molecule has 0 bridgehead atoms. The van der Waals surface area contributed by atoms with Crippen molar-refractivity contribution in [3.8, 4) is 0 Å². The third-order valence-electron chi connectivity index (χ3n) is 2.90. The summed E-state index contributed by atoms with van der Waals surface area (Å²) in [6.45, 7) is 3.34. The fourth-order valence-electron chi connectivity index (χ4n) is 1.44. The van der Waals surface area contributed by atoms with Crippen LogP contribution in [0.4, 0.5) is 5.82 Å². The average Bonchev–Trinajstić information content (AvgIpc) is 2.48. The van der Waals surface area contributed by atoms with E-state index in [4.69, 9.17) is 28.9 Å². The minimum absolute atomic E-state index is 0.0388. The summed E-state index contributed by atoms with van der Waals surface area (Å²) in [5.74, 6) is 0.138. The summed E-state index contributed by atoms with van der Waals surface area (Å²) in [5.41, 5.74) is 5.88. The van der Waals surface area contributed by atoms with E-state index in [0.29, 0.717) is 6.42 Å². The molecule has 1 aromatic rings. The van der Waals surface area contributed by atoms with Crippen molar-refractivity contribution in [2.45, 2.75) is 25.5 Å². The zero-order valence-corrected chi connectivity index (χ0v) is 14.7. The lowest BCUT2D eigenvalue weighted by atomic mass is 10.4. The molecule has 0 radical (unpaired) electrons. The number of sulfone groups is 1. The molecule has 0 saturated heterocycles. The summed E-state index contributed by atoms with van der Waals surface area (Å²) in [7, 11) is -2.18. The standard InChI is InChI=1S/C12H17Cl2N5O2S/c1-4-7(2)22(20,21)10(15)9(6-16-3)18-11-8(13)5-17-12(14)19-11/h5-7H,4,15H2,1-3H3,(H,17,18,19). The van der Waals surface area contributed by atoms with Crippen LogP contribution in [0.1, 0.15) is 20.3 Å². The monoisotopic (exact) mass is 365 g/mol. The van der Waals surface area contributed by atoms with E-state index in [1.54, 1.807) is 13.8 Å². The highest BCUT2D eigenvalue weighted by molar-refractivity contribution is 7.95. The molecule has 0 fully saturated rings. The molecule has 0 aliphatic rings. The second-order valence-electron chi connectivity index (χ2n) is 4.39. The number of halogens is 2. The van der Waals surface area contributed by atoms with Gasteiger partial charge in [0.05, 0.1) is 17.1 Å². The maximum atomic E-state index is 12.3. The second kappa shape index (κ2) is 7.75. The molecule has 1 unspecified atom stereocenters. The predicted molar refractivity (Wildman–Crippen MR) is 90.0 cm³/mol. The predicted octanol–water partition coefficient (Wildman–Crippen LogP) is 2.24. The molecule has 1 rings (SSSR count). The molecule has 3 N–H and O–H groups in total. The average molecular weight is 366 g/mol. The van der Waals surface area contributed by atoms with E-state index in [1.807, 2.05) is 0 Å². The van der Waals surface area contributed by atoms with Crippen LogP contribution in [0.2, 0.25) is 10.3 Å². The Morgan fingerprint density at radius 3 is 2.73 bits per heavy atom. The summed E-state index contributed by atoms with van der Waals surface area (Å²) in [6.07, 6.45) is 3.00. The molecule has 1 heterocycles. The highest BCUT2D eigenvalue weighted by Crippen LogP contribution is 2.22. The van der Waals surface area contributed by atoms with Crippen molar-refractivity contribution in [2.24, 2.45) is 10.7 Å². The van der Waals surface area contributed by atoms with Gasteiger partial charge >= 0.3 is 0 Å². The minimum Gasteiger partial charge on any atom is -0.388 e. The zero-order valence-electron chi connectivity index (χ0n) is 12.3. The van der Waals surface area contributed by atoms with Gasteiger partial charge in [-0.05, 0) is 24.9 Å². The van der Waals surface area contributed by atoms with Crippen molar-refractivity contribution in [1.82, 2.24) is 9.97 Å². The van der Waals surface area contributed by atoms with Crippen LogP contribution in [0.3, 0.4) is 0 Å². The summed E-state index contributed by atoms with van der Waals surface area (Å²) >= 11 is 11.6. The van der Waals surface area contributed by atoms with E-state index in [2.05, 4.69) is 20.3 Å². The molecule has 1 aromatic heterocycles. The van der Waals surface area contributed by atoms with Crippen LogP contribution in [0.25, 0.3) is 0 Å². The van der Waals surface area contributed by atoms with Gasteiger partial charge in [0.1, 0.15) is 5.02 Å². The van der Waals surface area contributed by atoms with Crippen LogP contribution >= 0.6 is 23.2 Å². The highest BCUT2D eigenvalue weighted by atomic mass is 35.5. The van der Waals surface area contributed by atoms with Crippen LogP contribution in [-0.4, -0.2) is 36.9 Å². The van der Waals surface area contributed by atoms with E-state index in [9.17, 15) is 8.42 Å². The lowest BCUT2D eigenvalue weighted by Crippen LogP contribution is -2.27. The van der Waals surface area contributed by atoms with Crippen molar-refractivity contribution in [1.29, 1.82) is 0 Å². The number of nitrogens with one attached hydrogen (secondary N) is 1. The first-order chi connectivity index (χ1) is 10.2. The Labute approximate surface area is 139 Å². The maximum absolute atomic E-state index is 12.3. The van der Waals surface area contributed by atoms with E-state index >= 15 is 0 Å². The Bertz CT molecular complexity index is 703. The second-order valence-corrected chi connectivity index (χ2v) is 7.47. The summed E-state index contributed by atoms with van der Waals surface area (Å²) < 4.78 is 24.7. The third kappa shape index (κ3) is 4.31. The highest BCUT2D eigenvalue weighted by Gasteiger charge is 2.25. The largest absolute Gasteiger partial charge is 0.388 e. The normalized spacial score (nSPS) is 14.8. The first kappa shape index (κ1) is 18.7. The molecule has 122 valence electrons. The first-order valence-electron chi connectivity index (χ1n) is 6.34. The van der Waals surface area contributed by atoms with Gasteiger partial charge < -0.3 is 11.1 Å². The van der Waals surface area contributed by atoms with Crippen molar-refractivity contribution in [3.63, 3.8) is 0 Å². The van der Waals surface area contributed by atoms with Gasteiger partial charge in [0, 0.05) is 13.3 Å². The van der Waals surface area contributed by atoms with E-state index < -0.39 is 15.1 Å². The van der Waals surface area contributed by atoms with Crippen LogP contribution in [0, 0.1) is 0 Å². The number of rotatable bonds is 6. The van der Waals surface area contributed by atoms with Gasteiger partial charge in [-0.2, -0.15) is 4.98 Å². The molecule has 0 aliphatic carbocycles. The van der Waals surface area contributed by atoms with Crippen molar-refractivity contribution < 1.29 is 8.42 Å². The molecular formula is C12H17Cl2N5O2S. The number of hydrogen-bond donors (Lipinski definition) is 2. The van der Waals surface area contributed by atoms with Crippen molar-refractivity contribution in [2.75, 3.05) is 12.4 Å². The van der Waals surface area contributed by atoms with Crippen LogP contribution in [0.15, 0.2) is 21.9 Å². The Morgan fingerprint density at radius 1 is 1.55 bits per heavy atom. The van der Waals surface area contributed by atoms with Crippen LogP contribution in [0.5, 0.6) is 0 Å². The van der Waals surface area contributed by atoms with Gasteiger partial charge in [-0.25, -0.2) is 13.4 Å². The molecule has 0 amide bonds. The molecule has 22 heavy (non-hydrogen) atoms. The SMILES string of the molecule is CCC(C)S(=O)(=O)C(N)=C(C=NC)Nc1nc(Cl)ncc1Cl. The number of nitrogens with two attached hydrogens (primary N) is 1. The van der Waals surface area contributed by atoms with Gasteiger partial charge in [-0.3, -0.25) is 4.99 Å². The molecule has 10 heteroatoms.